The summed E-state index contributed by atoms with van der Waals surface area (Å²) in [5.74, 6) is 0.273. The van der Waals surface area contributed by atoms with Crippen LogP contribution in [0, 0.1) is 11.3 Å². The van der Waals surface area contributed by atoms with Gasteiger partial charge in [-0.3, -0.25) is 4.98 Å². The fourth-order valence-corrected chi connectivity index (χ4v) is 2.17. The van der Waals surface area contributed by atoms with Crippen molar-refractivity contribution in [3.63, 3.8) is 0 Å². The monoisotopic (exact) mass is 220 g/mol. The first-order chi connectivity index (χ1) is 7.13. The van der Waals surface area contributed by atoms with E-state index >= 15 is 0 Å². The zero-order chi connectivity index (χ0) is 11.3. The van der Waals surface area contributed by atoms with Crippen LogP contribution in [0.3, 0.4) is 0 Å². The van der Waals surface area contributed by atoms with E-state index in [-0.39, 0.29) is 5.92 Å². The lowest BCUT2D eigenvalue weighted by molar-refractivity contribution is 0.779. The van der Waals surface area contributed by atoms with Crippen molar-refractivity contribution in [2.75, 3.05) is 0 Å². The van der Waals surface area contributed by atoms with Crippen molar-refractivity contribution in [3.05, 3.63) is 24.0 Å². The molecular formula is C12H16N2S. The minimum absolute atomic E-state index is 0.273. The second-order valence-corrected chi connectivity index (χ2v) is 5.53. The summed E-state index contributed by atoms with van der Waals surface area (Å²) in [5.41, 5.74) is 1.15. The van der Waals surface area contributed by atoms with Gasteiger partial charge < -0.3 is 0 Å². The zero-order valence-electron chi connectivity index (χ0n) is 9.40. The number of hydrogen-bond acceptors (Lipinski definition) is 3. The molecule has 2 nitrogen and oxygen atoms in total. The average molecular weight is 220 g/mol. The van der Waals surface area contributed by atoms with Crippen LogP contribution in [0.25, 0.3) is 0 Å². The van der Waals surface area contributed by atoms with E-state index in [2.05, 4.69) is 37.9 Å². The standard InChI is InChI=1S/C12H16N2S/c1-9(2)15-12-6-11(7-14-8-12)10(3)4-5-13/h6-10H,4H2,1-3H3. The fraction of sp³-hybridized carbons (Fsp3) is 0.500. The number of hydrogen-bond donors (Lipinski definition) is 0. The van der Waals surface area contributed by atoms with E-state index in [1.807, 2.05) is 12.4 Å². The molecule has 0 aromatic carbocycles. The third kappa shape index (κ3) is 3.93. The molecule has 0 fully saturated rings. The van der Waals surface area contributed by atoms with Gasteiger partial charge >= 0.3 is 0 Å². The molecule has 80 valence electrons. The van der Waals surface area contributed by atoms with Crippen LogP contribution in [0.1, 0.15) is 38.7 Å². The van der Waals surface area contributed by atoms with Crippen molar-refractivity contribution < 1.29 is 0 Å². The Morgan fingerprint density at radius 1 is 1.40 bits per heavy atom. The summed E-state index contributed by atoms with van der Waals surface area (Å²) in [6, 6.07) is 4.33. The van der Waals surface area contributed by atoms with Crippen LogP contribution in [0.4, 0.5) is 0 Å². The number of rotatable bonds is 4. The predicted octanol–water partition coefficient (Wildman–Crippen LogP) is 3.60. The topological polar surface area (TPSA) is 36.7 Å². The quantitative estimate of drug-likeness (QED) is 0.727. The molecule has 1 unspecified atom stereocenters. The van der Waals surface area contributed by atoms with Gasteiger partial charge in [-0.15, -0.1) is 11.8 Å². The molecule has 0 N–H and O–H groups in total. The van der Waals surface area contributed by atoms with Crippen molar-refractivity contribution in [2.24, 2.45) is 0 Å². The normalized spacial score (nSPS) is 12.5. The fourth-order valence-electron chi connectivity index (χ4n) is 1.30. The van der Waals surface area contributed by atoms with Gasteiger partial charge in [0.15, 0.2) is 0 Å². The minimum atomic E-state index is 0.273. The number of nitriles is 1. The molecule has 1 rings (SSSR count). The van der Waals surface area contributed by atoms with Gasteiger partial charge in [-0.2, -0.15) is 5.26 Å². The molecule has 1 aromatic heterocycles. The molecule has 15 heavy (non-hydrogen) atoms. The van der Waals surface area contributed by atoms with Crippen LogP contribution in [-0.4, -0.2) is 10.2 Å². The van der Waals surface area contributed by atoms with Gasteiger partial charge in [-0.25, -0.2) is 0 Å². The van der Waals surface area contributed by atoms with E-state index in [0.717, 1.165) is 5.56 Å². The summed E-state index contributed by atoms with van der Waals surface area (Å²) in [6.07, 6.45) is 4.29. The van der Waals surface area contributed by atoms with E-state index in [4.69, 9.17) is 5.26 Å². The first-order valence-electron chi connectivity index (χ1n) is 5.12. The molecule has 0 saturated carbocycles. The predicted molar refractivity (Wildman–Crippen MR) is 63.9 cm³/mol. The van der Waals surface area contributed by atoms with Crippen molar-refractivity contribution in [2.45, 2.75) is 43.3 Å². The third-order valence-electron chi connectivity index (χ3n) is 2.07. The molecule has 0 aliphatic heterocycles. The maximum atomic E-state index is 8.64. The summed E-state index contributed by atoms with van der Waals surface area (Å²) in [5, 5.41) is 9.20. The molecule has 0 spiro atoms. The second-order valence-electron chi connectivity index (χ2n) is 3.88. The van der Waals surface area contributed by atoms with Crippen molar-refractivity contribution in [3.8, 4) is 6.07 Å². The van der Waals surface area contributed by atoms with Crippen LogP contribution in [-0.2, 0) is 0 Å². The Morgan fingerprint density at radius 3 is 2.73 bits per heavy atom. The number of nitrogens with zero attached hydrogens (tertiary/aromatic N) is 2. The molecule has 0 aliphatic carbocycles. The van der Waals surface area contributed by atoms with Gasteiger partial charge in [0.1, 0.15) is 0 Å². The second kappa shape index (κ2) is 5.77. The van der Waals surface area contributed by atoms with Crippen molar-refractivity contribution in [1.29, 1.82) is 5.26 Å². The highest BCUT2D eigenvalue weighted by atomic mass is 32.2. The Morgan fingerprint density at radius 2 is 2.13 bits per heavy atom. The van der Waals surface area contributed by atoms with E-state index in [1.165, 1.54) is 4.90 Å². The molecule has 0 radical (unpaired) electrons. The van der Waals surface area contributed by atoms with Gasteiger partial charge in [0, 0.05) is 29.0 Å². The lowest BCUT2D eigenvalue weighted by Gasteiger charge is -2.10. The van der Waals surface area contributed by atoms with Crippen LogP contribution < -0.4 is 0 Å². The zero-order valence-corrected chi connectivity index (χ0v) is 10.2. The Kier molecular flexibility index (Phi) is 4.64. The molecule has 0 saturated heterocycles. The largest absolute Gasteiger partial charge is 0.263 e. The number of aromatic nitrogens is 1. The molecule has 0 amide bonds. The number of thioether (sulfide) groups is 1. The lowest BCUT2D eigenvalue weighted by Crippen LogP contribution is -1.94. The minimum Gasteiger partial charge on any atom is -0.263 e. The summed E-state index contributed by atoms with van der Waals surface area (Å²) in [4.78, 5) is 5.40. The molecule has 1 atom stereocenters. The molecule has 0 bridgehead atoms. The lowest BCUT2D eigenvalue weighted by atomic mass is 10.0. The highest BCUT2D eigenvalue weighted by Gasteiger charge is 2.07. The Hall–Kier alpha value is -1.01. The van der Waals surface area contributed by atoms with Gasteiger partial charge in [-0.05, 0) is 17.5 Å². The highest BCUT2D eigenvalue weighted by molar-refractivity contribution is 7.99. The molecular weight excluding hydrogens is 204 g/mol. The highest BCUT2D eigenvalue weighted by Crippen LogP contribution is 2.26. The van der Waals surface area contributed by atoms with E-state index < -0.39 is 0 Å². The maximum absolute atomic E-state index is 8.64. The van der Waals surface area contributed by atoms with E-state index in [1.54, 1.807) is 11.8 Å². The maximum Gasteiger partial charge on any atom is 0.0628 e. The Labute approximate surface area is 95.7 Å². The molecule has 0 aliphatic rings. The van der Waals surface area contributed by atoms with Crippen molar-refractivity contribution >= 4 is 11.8 Å². The van der Waals surface area contributed by atoms with Crippen LogP contribution in [0.2, 0.25) is 0 Å². The smallest absolute Gasteiger partial charge is 0.0628 e. The first kappa shape index (κ1) is 12.1. The summed E-state index contributed by atoms with van der Waals surface area (Å²) >= 11 is 1.80. The van der Waals surface area contributed by atoms with Gasteiger partial charge in [0.25, 0.3) is 0 Å². The summed E-state index contributed by atoms with van der Waals surface area (Å²) in [7, 11) is 0. The van der Waals surface area contributed by atoms with Crippen molar-refractivity contribution in [1.82, 2.24) is 4.98 Å². The number of pyridine rings is 1. The van der Waals surface area contributed by atoms with Gasteiger partial charge in [0.2, 0.25) is 0 Å². The Bertz CT molecular complexity index is 355. The SMILES string of the molecule is CC(C)Sc1cncc(C(C)CC#N)c1. The summed E-state index contributed by atoms with van der Waals surface area (Å²) < 4.78 is 0. The van der Waals surface area contributed by atoms with Gasteiger partial charge in [0.05, 0.1) is 6.07 Å². The average Bonchev–Trinajstić information content (AvgIpc) is 2.17. The van der Waals surface area contributed by atoms with Gasteiger partial charge in [-0.1, -0.05) is 20.8 Å². The summed E-state index contributed by atoms with van der Waals surface area (Å²) in [6.45, 7) is 6.39. The van der Waals surface area contributed by atoms with E-state index in [0.29, 0.717) is 11.7 Å². The molecule has 1 aromatic rings. The third-order valence-corrected chi connectivity index (χ3v) is 3.04. The van der Waals surface area contributed by atoms with Crippen LogP contribution >= 0.6 is 11.8 Å². The first-order valence-corrected chi connectivity index (χ1v) is 6.00. The van der Waals surface area contributed by atoms with E-state index in [9.17, 15) is 0 Å². The van der Waals surface area contributed by atoms with Crippen LogP contribution in [0.5, 0.6) is 0 Å². The van der Waals surface area contributed by atoms with Crippen LogP contribution in [0.15, 0.2) is 23.4 Å². The molecule has 3 heteroatoms. The molecule has 1 heterocycles. The Balaban J connectivity index is 2.78.